The predicted octanol–water partition coefficient (Wildman–Crippen LogP) is 5.33. The molecule has 0 aliphatic carbocycles. The van der Waals surface area contributed by atoms with E-state index in [-0.39, 0.29) is 11.1 Å². The highest BCUT2D eigenvalue weighted by Gasteiger charge is 2.17. The number of unbranched alkanes of at least 4 members (excludes halogenated alkanes) is 1. The van der Waals surface area contributed by atoms with Gasteiger partial charge in [-0.05, 0) is 64.6 Å². The Kier molecular flexibility index (Phi) is 7.37. The number of aliphatic imine (C=N–C) groups is 1. The van der Waals surface area contributed by atoms with E-state index in [0.717, 1.165) is 23.8 Å². The third-order valence-corrected chi connectivity index (χ3v) is 4.12. The lowest BCUT2D eigenvalue weighted by molar-refractivity contribution is 0.615. The molecule has 0 saturated carbocycles. The van der Waals surface area contributed by atoms with Crippen molar-refractivity contribution in [2.45, 2.75) is 66.5 Å². The maximum Gasteiger partial charge on any atom is 0.262 e. The van der Waals surface area contributed by atoms with Crippen molar-refractivity contribution in [3.8, 4) is 0 Å². The molecule has 2 aromatic heterocycles. The van der Waals surface area contributed by atoms with Crippen LogP contribution in [0.4, 0.5) is 11.6 Å². The van der Waals surface area contributed by atoms with Crippen LogP contribution in [0.1, 0.15) is 54.4 Å². The van der Waals surface area contributed by atoms with Crippen molar-refractivity contribution in [1.29, 1.82) is 0 Å². The van der Waals surface area contributed by atoms with Crippen molar-refractivity contribution in [2.75, 3.05) is 10.6 Å². The number of allylic oxidation sites excluding steroid dienone is 1. The summed E-state index contributed by atoms with van der Waals surface area (Å²) in [4.78, 5) is 22.1. The Morgan fingerprint density at radius 1 is 1.34 bits per heavy atom. The summed E-state index contributed by atoms with van der Waals surface area (Å²) >= 11 is 0. The first-order valence-electron chi connectivity index (χ1n) is 10.1. The zero-order chi connectivity index (χ0) is 21.6. The molecule has 29 heavy (non-hydrogen) atoms. The smallest absolute Gasteiger partial charge is 0.262 e. The zero-order valence-corrected chi connectivity index (χ0v) is 18.5. The van der Waals surface area contributed by atoms with Crippen LogP contribution in [0.2, 0.25) is 0 Å². The predicted molar refractivity (Wildman–Crippen MR) is 125 cm³/mol. The van der Waals surface area contributed by atoms with Crippen LogP contribution >= 0.6 is 0 Å². The van der Waals surface area contributed by atoms with Gasteiger partial charge >= 0.3 is 0 Å². The van der Waals surface area contributed by atoms with E-state index < -0.39 is 0 Å². The first-order valence-corrected chi connectivity index (χ1v) is 10.1. The van der Waals surface area contributed by atoms with E-state index in [1.807, 2.05) is 59.0 Å². The Hall–Kier alpha value is -2.89. The molecule has 0 aromatic carbocycles. The van der Waals surface area contributed by atoms with Gasteiger partial charge in [0, 0.05) is 24.5 Å². The topological polar surface area (TPSA) is 71.3 Å². The Morgan fingerprint density at radius 2 is 2.07 bits per heavy atom. The molecule has 0 radical (unpaired) electrons. The van der Waals surface area contributed by atoms with Gasteiger partial charge in [0.05, 0.1) is 5.39 Å². The molecule has 2 N–H and O–H groups in total. The van der Waals surface area contributed by atoms with Crippen molar-refractivity contribution in [2.24, 2.45) is 4.99 Å². The third kappa shape index (κ3) is 6.31. The standard InChI is InChI=1S/C23H33N5O/c1-8-10-12-28-13-11-17-15-19(25-18(24-9-2)14-16(3)4)26-21(20(17)22(28)29)27-23(5,6)7/h9,11,13-15H,2,8,10,12H2,1,3-7H3,(H2,24,25,26,27). The molecular formula is C23H33N5O. The fourth-order valence-corrected chi connectivity index (χ4v) is 2.93. The summed E-state index contributed by atoms with van der Waals surface area (Å²) in [6.07, 6.45) is 7.27. The fourth-order valence-electron chi connectivity index (χ4n) is 2.93. The largest absolute Gasteiger partial charge is 0.365 e. The highest BCUT2D eigenvalue weighted by molar-refractivity contribution is 6.05. The van der Waals surface area contributed by atoms with E-state index in [9.17, 15) is 4.79 Å². The molecule has 6 nitrogen and oxygen atoms in total. The van der Waals surface area contributed by atoms with Crippen molar-refractivity contribution in [3.05, 3.63) is 53.1 Å². The quantitative estimate of drug-likeness (QED) is 0.491. The molecule has 0 aliphatic rings. The van der Waals surface area contributed by atoms with Gasteiger partial charge < -0.3 is 15.2 Å². The minimum Gasteiger partial charge on any atom is -0.365 e. The van der Waals surface area contributed by atoms with Crippen molar-refractivity contribution < 1.29 is 0 Å². The normalized spacial score (nSPS) is 12.0. The minimum absolute atomic E-state index is 0.0222. The number of aryl methyl sites for hydroxylation is 1. The van der Waals surface area contributed by atoms with Crippen LogP contribution in [0.3, 0.4) is 0 Å². The van der Waals surface area contributed by atoms with Crippen LogP contribution in [0.5, 0.6) is 0 Å². The summed E-state index contributed by atoms with van der Waals surface area (Å²) in [5.74, 6) is 1.83. The van der Waals surface area contributed by atoms with E-state index >= 15 is 0 Å². The number of fused-ring (bicyclic) bond motifs is 1. The summed E-state index contributed by atoms with van der Waals surface area (Å²) in [5, 5.41) is 8.08. The molecule has 0 bridgehead atoms. The lowest BCUT2D eigenvalue weighted by Gasteiger charge is -2.23. The summed E-state index contributed by atoms with van der Waals surface area (Å²) < 4.78 is 1.77. The van der Waals surface area contributed by atoms with E-state index in [0.29, 0.717) is 29.4 Å². The van der Waals surface area contributed by atoms with Crippen molar-refractivity contribution in [1.82, 2.24) is 9.55 Å². The van der Waals surface area contributed by atoms with E-state index in [4.69, 9.17) is 4.98 Å². The minimum atomic E-state index is -0.243. The van der Waals surface area contributed by atoms with Gasteiger partial charge in [-0.3, -0.25) is 4.79 Å². The zero-order valence-electron chi connectivity index (χ0n) is 18.5. The van der Waals surface area contributed by atoms with Crippen LogP contribution in [-0.4, -0.2) is 20.9 Å². The molecule has 0 unspecified atom stereocenters. The molecule has 2 heterocycles. The number of pyridine rings is 2. The van der Waals surface area contributed by atoms with Crippen LogP contribution in [-0.2, 0) is 6.54 Å². The SMILES string of the molecule is C=CN=C(C=C(C)C)Nc1cc2ccn(CCCC)c(=O)c2c(NC(C)(C)C)n1. The molecule has 0 fully saturated rings. The van der Waals surface area contributed by atoms with E-state index in [1.54, 1.807) is 4.57 Å². The summed E-state index contributed by atoms with van der Waals surface area (Å²) in [5.41, 5.74) is 0.837. The molecule has 0 amide bonds. The lowest BCUT2D eigenvalue weighted by Crippen LogP contribution is -2.29. The van der Waals surface area contributed by atoms with E-state index in [1.165, 1.54) is 6.20 Å². The second kappa shape index (κ2) is 9.54. The second-order valence-corrected chi connectivity index (χ2v) is 8.41. The highest BCUT2D eigenvalue weighted by Crippen LogP contribution is 2.25. The number of anilines is 2. The van der Waals surface area contributed by atoms with Gasteiger partial charge in [0.2, 0.25) is 0 Å². The van der Waals surface area contributed by atoms with Crippen LogP contribution < -0.4 is 16.2 Å². The molecular weight excluding hydrogens is 362 g/mol. The first kappa shape index (κ1) is 22.4. The van der Waals surface area contributed by atoms with Crippen LogP contribution in [0.25, 0.3) is 10.8 Å². The van der Waals surface area contributed by atoms with Gasteiger partial charge in [0.25, 0.3) is 5.56 Å². The summed E-state index contributed by atoms with van der Waals surface area (Å²) in [7, 11) is 0. The number of hydrogen-bond donors (Lipinski definition) is 2. The van der Waals surface area contributed by atoms with Gasteiger partial charge in [-0.15, -0.1) is 0 Å². The van der Waals surface area contributed by atoms with Gasteiger partial charge in [-0.2, -0.15) is 0 Å². The fraction of sp³-hybridized carbons (Fsp3) is 0.435. The van der Waals surface area contributed by atoms with Crippen molar-refractivity contribution in [3.63, 3.8) is 0 Å². The Balaban J connectivity index is 2.63. The molecule has 2 aromatic rings. The maximum atomic E-state index is 13.1. The number of hydrogen-bond acceptors (Lipinski definition) is 4. The Labute approximate surface area is 173 Å². The van der Waals surface area contributed by atoms with Crippen LogP contribution in [0, 0.1) is 0 Å². The second-order valence-electron chi connectivity index (χ2n) is 8.41. The summed E-state index contributed by atoms with van der Waals surface area (Å²) in [6.45, 7) is 16.6. The average molecular weight is 396 g/mol. The lowest BCUT2D eigenvalue weighted by atomic mass is 10.1. The van der Waals surface area contributed by atoms with E-state index in [2.05, 4.69) is 29.1 Å². The summed E-state index contributed by atoms with van der Waals surface area (Å²) in [6, 6.07) is 3.85. The monoisotopic (exact) mass is 395 g/mol. The van der Waals surface area contributed by atoms with Crippen LogP contribution in [0.15, 0.2) is 52.5 Å². The molecule has 0 saturated heterocycles. The highest BCUT2D eigenvalue weighted by atomic mass is 16.1. The first-order chi connectivity index (χ1) is 13.6. The molecule has 0 spiro atoms. The molecule has 2 rings (SSSR count). The molecule has 156 valence electrons. The molecule has 6 heteroatoms. The number of rotatable bonds is 7. The van der Waals surface area contributed by atoms with Gasteiger partial charge in [0.15, 0.2) is 0 Å². The third-order valence-electron chi connectivity index (χ3n) is 4.12. The average Bonchev–Trinajstić information content (AvgIpc) is 2.59. The number of amidine groups is 1. The maximum absolute atomic E-state index is 13.1. The number of nitrogens with zero attached hydrogens (tertiary/aromatic N) is 3. The number of aromatic nitrogens is 2. The van der Waals surface area contributed by atoms with Gasteiger partial charge in [-0.25, -0.2) is 9.98 Å². The molecule has 0 atom stereocenters. The number of nitrogens with one attached hydrogen (secondary N) is 2. The Bertz CT molecular complexity index is 989. The van der Waals surface area contributed by atoms with Gasteiger partial charge in [0.1, 0.15) is 17.5 Å². The molecule has 0 aliphatic heterocycles. The van der Waals surface area contributed by atoms with Gasteiger partial charge in [-0.1, -0.05) is 25.5 Å². The van der Waals surface area contributed by atoms with Crippen molar-refractivity contribution >= 4 is 28.2 Å². The Morgan fingerprint density at radius 3 is 2.66 bits per heavy atom.